The van der Waals surface area contributed by atoms with Crippen LogP contribution in [0.25, 0.3) is 0 Å². The number of piperidine rings is 1. The molecular formula is C22H25FN2O2. The molecule has 0 spiro atoms. The number of nitrogens with one attached hydrogen (secondary N) is 1. The topological polar surface area (TPSA) is 49.4 Å². The van der Waals surface area contributed by atoms with Gasteiger partial charge in [-0.2, -0.15) is 0 Å². The van der Waals surface area contributed by atoms with Crippen molar-refractivity contribution in [1.82, 2.24) is 10.2 Å². The highest BCUT2D eigenvalue weighted by atomic mass is 19.1. The number of amides is 2. The standard InChI is InChI=1S/C22H25FN2O2/c1-16(26)25-15-19(9-12-21(25)18-7-10-20(23)11-8-18)22(27)24-14-13-17-5-3-2-4-6-17/h2-8,10-11,19,21H,9,12-15H2,1H3,(H,24,27). The molecule has 142 valence electrons. The molecule has 1 fully saturated rings. The van der Waals surface area contributed by atoms with Gasteiger partial charge in [-0.15, -0.1) is 0 Å². The highest BCUT2D eigenvalue weighted by Crippen LogP contribution is 2.33. The van der Waals surface area contributed by atoms with Crippen molar-refractivity contribution in [2.75, 3.05) is 13.1 Å². The van der Waals surface area contributed by atoms with Gasteiger partial charge in [-0.3, -0.25) is 9.59 Å². The Labute approximate surface area is 159 Å². The number of halogens is 1. The normalized spacial score (nSPS) is 19.6. The Bertz CT molecular complexity index is 777. The van der Waals surface area contributed by atoms with Crippen LogP contribution in [0.5, 0.6) is 0 Å². The van der Waals surface area contributed by atoms with Crippen molar-refractivity contribution in [2.45, 2.75) is 32.2 Å². The van der Waals surface area contributed by atoms with Gasteiger partial charge < -0.3 is 10.2 Å². The van der Waals surface area contributed by atoms with Gasteiger partial charge in [0, 0.05) is 20.0 Å². The monoisotopic (exact) mass is 368 g/mol. The molecule has 0 aromatic heterocycles. The predicted molar refractivity (Wildman–Crippen MR) is 102 cm³/mol. The molecule has 27 heavy (non-hydrogen) atoms. The third-order valence-corrected chi connectivity index (χ3v) is 5.17. The van der Waals surface area contributed by atoms with Crippen LogP contribution in [0.15, 0.2) is 54.6 Å². The minimum atomic E-state index is -0.292. The molecule has 0 radical (unpaired) electrons. The molecule has 3 rings (SSSR count). The molecule has 1 N–H and O–H groups in total. The number of rotatable bonds is 5. The van der Waals surface area contributed by atoms with Crippen LogP contribution < -0.4 is 5.32 Å². The van der Waals surface area contributed by atoms with E-state index in [1.807, 2.05) is 30.3 Å². The van der Waals surface area contributed by atoms with E-state index in [-0.39, 0.29) is 29.6 Å². The van der Waals surface area contributed by atoms with Crippen LogP contribution >= 0.6 is 0 Å². The Balaban J connectivity index is 1.58. The molecule has 1 saturated heterocycles. The lowest BCUT2D eigenvalue weighted by atomic mass is 9.88. The molecule has 0 bridgehead atoms. The highest BCUT2D eigenvalue weighted by Gasteiger charge is 2.34. The molecule has 0 aliphatic carbocycles. The molecule has 2 unspecified atom stereocenters. The van der Waals surface area contributed by atoms with Crippen LogP contribution in [0, 0.1) is 11.7 Å². The maximum atomic E-state index is 13.2. The molecule has 5 heteroatoms. The first-order valence-electron chi connectivity index (χ1n) is 9.39. The quantitative estimate of drug-likeness (QED) is 0.878. The number of hydrogen-bond donors (Lipinski definition) is 1. The Hall–Kier alpha value is -2.69. The Kier molecular flexibility index (Phi) is 6.22. The maximum absolute atomic E-state index is 13.2. The van der Waals surface area contributed by atoms with E-state index >= 15 is 0 Å². The Morgan fingerprint density at radius 1 is 1.07 bits per heavy atom. The fourth-order valence-corrected chi connectivity index (χ4v) is 3.68. The van der Waals surface area contributed by atoms with E-state index in [1.54, 1.807) is 17.0 Å². The van der Waals surface area contributed by atoms with Crippen LogP contribution in [-0.4, -0.2) is 29.8 Å². The third kappa shape index (κ3) is 4.94. The van der Waals surface area contributed by atoms with Crippen molar-refractivity contribution >= 4 is 11.8 Å². The van der Waals surface area contributed by atoms with E-state index < -0.39 is 0 Å². The van der Waals surface area contributed by atoms with Crippen LogP contribution in [0.3, 0.4) is 0 Å². The summed E-state index contributed by atoms with van der Waals surface area (Å²) < 4.78 is 13.2. The number of carbonyl (C=O) groups excluding carboxylic acids is 2. The molecule has 1 aliphatic rings. The van der Waals surface area contributed by atoms with Crippen molar-refractivity contribution in [3.63, 3.8) is 0 Å². The summed E-state index contributed by atoms with van der Waals surface area (Å²) in [5, 5.41) is 3.00. The summed E-state index contributed by atoms with van der Waals surface area (Å²) in [5.74, 6) is -0.568. The Morgan fingerprint density at radius 2 is 1.78 bits per heavy atom. The molecule has 2 aromatic rings. The zero-order valence-electron chi connectivity index (χ0n) is 15.5. The third-order valence-electron chi connectivity index (χ3n) is 5.17. The van der Waals surface area contributed by atoms with E-state index in [2.05, 4.69) is 5.32 Å². The lowest BCUT2D eigenvalue weighted by Crippen LogP contribution is -2.46. The van der Waals surface area contributed by atoms with Gasteiger partial charge in [0.05, 0.1) is 12.0 Å². The smallest absolute Gasteiger partial charge is 0.224 e. The number of benzene rings is 2. The van der Waals surface area contributed by atoms with Crippen LogP contribution in [-0.2, 0) is 16.0 Å². The second-order valence-corrected chi connectivity index (χ2v) is 7.04. The number of likely N-dealkylation sites (tertiary alicyclic amines) is 1. The van der Waals surface area contributed by atoms with Crippen LogP contribution in [0.2, 0.25) is 0 Å². The summed E-state index contributed by atoms with van der Waals surface area (Å²) in [6.07, 6.45) is 2.19. The largest absolute Gasteiger partial charge is 0.355 e. The molecule has 2 aromatic carbocycles. The van der Waals surface area contributed by atoms with Crippen molar-refractivity contribution in [1.29, 1.82) is 0 Å². The summed E-state index contributed by atoms with van der Waals surface area (Å²) >= 11 is 0. The highest BCUT2D eigenvalue weighted by molar-refractivity contribution is 5.81. The van der Waals surface area contributed by atoms with Crippen LogP contribution in [0.4, 0.5) is 4.39 Å². The summed E-state index contributed by atoms with van der Waals surface area (Å²) in [6.45, 7) is 2.50. The van der Waals surface area contributed by atoms with E-state index in [1.165, 1.54) is 24.6 Å². The molecule has 1 heterocycles. The summed E-state index contributed by atoms with van der Waals surface area (Å²) in [6, 6.07) is 16.2. The van der Waals surface area contributed by atoms with E-state index in [4.69, 9.17) is 0 Å². The summed E-state index contributed by atoms with van der Waals surface area (Å²) in [4.78, 5) is 26.4. The predicted octanol–water partition coefficient (Wildman–Crippen LogP) is 3.48. The van der Waals surface area contributed by atoms with Crippen molar-refractivity contribution in [3.05, 3.63) is 71.5 Å². The van der Waals surface area contributed by atoms with Gasteiger partial charge in [-0.05, 0) is 42.5 Å². The average Bonchev–Trinajstić information content (AvgIpc) is 2.69. The lowest BCUT2D eigenvalue weighted by Gasteiger charge is -2.39. The maximum Gasteiger partial charge on any atom is 0.224 e. The fourth-order valence-electron chi connectivity index (χ4n) is 3.68. The van der Waals surface area contributed by atoms with E-state index in [0.29, 0.717) is 25.9 Å². The number of hydrogen-bond acceptors (Lipinski definition) is 2. The summed E-state index contributed by atoms with van der Waals surface area (Å²) in [7, 11) is 0. The zero-order chi connectivity index (χ0) is 19.2. The molecule has 4 nitrogen and oxygen atoms in total. The SMILES string of the molecule is CC(=O)N1CC(C(=O)NCCc2ccccc2)CCC1c1ccc(F)cc1. The lowest BCUT2D eigenvalue weighted by molar-refractivity contribution is -0.137. The van der Waals surface area contributed by atoms with Crippen molar-refractivity contribution in [2.24, 2.45) is 5.92 Å². The summed E-state index contributed by atoms with van der Waals surface area (Å²) in [5.41, 5.74) is 2.10. The minimum Gasteiger partial charge on any atom is -0.355 e. The van der Waals surface area contributed by atoms with Gasteiger partial charge in [0.1, 0.15) is 5.82 Å². The molecule has 2 amide bonds. The van der Waals surface area contributed by atoms with Crippen molar-refractivity contribution in [3.8, 4) is 0 Å². The molecule has 2 atom stereocenters. The van der Waals surface area contributed by atoms with E-state index in [9.17, 15) is 14.0 Å². The fraction of sp³-hybridized carbons (Fsp3) is 0.364. The average molecular weight is 368 g/mol. The minimum absolute atomic E-state index is 0.00487. The van der Waals surface area contributed by atoms with Gasteiger partial charge >= 0.3 is 0 Å². The number of nitrogens with zero attached hydrogens (tertiary/aromatic N) is 1. The molecular weight excluding hydrogens is 343 g/mol. The first-order chi connectivity index (χ1) is 13.0. The molecule has 0 saturated carbocycles. The molecule has 1 aliphatic heterocycles. The van der Waals surface area contributed by atoms with E-state index in [0.717, 1.165) is 12.0 Å². The van der Waals surface area contributed by atoms with Gasteiger partial charge in [-0.1, -0.05) is 42.5 Å². The Morgan fingerprint density at radius 3 is 2.44 bits per heavy atom. The first kappa shape index (κ1) is 19.1. The zero-order valence-corrected chi connectivity index (χ0v) is 15.5. The van der Waals surface area contributed by atoms with Gasteiger partial charge in [-0.25, -0.2) is 4.39 Å². The van der Waals surface area contributed by atoms with Gasteiger partial charge in [0.15, 0.2) is 0 Å². The van der Waals surface area contributed by atoms with Crippen LogP contribution in [0.1, 0.15) is 36.9 Å². The first-order valence-corrected chi connectivity index (χ1v) is 9.39. The second kappa shape index (κ2) is 8.80. The second-order valence-electron chi connectivity index (χ2n) is 7.04. The number of carbonyl (C=O) groups is 2. The van der Waals surface area contributed by atoms with Gasteiger partial charge in [0.25, 0.3) is 0 Å². The van der Waals surface area contributed by atoms with Gasteiger partial charge in [0.2, 0.25) is 11.8 Å². The van der Waals surface area contributed by atoms with Crippen molar-refractivity contribution < 1.29 is 14.0 Å².